The van der Waals surface area contributed by atoms with Gasteiger partial charge in [-0.25, -0.2) is 0 Å². The Labute approximate surface area is 113 Å². The predicted octanol–water partition coefficient (Wildman–Crippen LogP) is 2.44. The summed E-state index contributed by atoms with van der Waals surface area (Å²) >= 11 is 0. The first kappa shape index (κ1) is 13.3. The quantitative estimate of drug-likeness (QED) is 0.846. The molecular formula is C15H18N2O2. The molecule has 1 N–H and O–H groups in total. The Kier molecular flexibility index (Phi) is 4.34. The summed E-state index contributed by atoms with van der Waals surface area (Å²) in [6.07, 6.45) is 5.32. The van der Waals surface area contributed by atoms with Gasteiger partial charge in [-0.05, 0) is 50.1 Å². The third kappa shape index (κ3) is 3.44. The van der Waals surface area contributed by atoms with Crippen molar-refractivity contribution in [1.29, 1.82) is 0 Å². The number of carbonyl (C=O) groups excluding carboxylic acids is 2. The highest BCUT2D eigenvalue weighted by Gasteiger charge is 2.19. The van der Waals surface area contributed by atoms with Gasteiger partial charge in [-0.3, -0.25) is 9.59 Å². The third-order valence-electron chi connectivity index (χ3n) is 3.11. The number of nitrogens with one attached hydrogen (secondary N) is 1. The highest BCUT2D eigenvalue weighted by Crippen LogP contribution is 2.15. The zero-order valence-corrected chi connectivity index (χ0v) is 11.1. The first-order valence-corrected chi connectivity index (χ1v) is 6.54. The van der Waals surface area contributed by atoms with Crippen LogP contribution in [0.3, 0.4) is 0 Å². The predicted molar refractivity (Wildman–Crippen MR) is 75.0 cm³/mol. The molecule has 0 atom stereocenters. The van der Waals surface area contributed by atoms with E-state index in [-0.39, 0.29) is 11.8 Å². The van der Waals surface area contributed by atoms with Crippen molar-refractivity contribution in [3.63, 3.8) is 0 Å². The molecular weight excluding hydrogens is 240 g/mol. The van der Waals surface area contributed by atoms with E-state index in [0.717, 1.165) is 25.9 Å². The molecule has 0 bridgehead atoms. The molecule has 4 heteroatoms. The minimum absolute atomic E-state index is 0.0730. The van der Waals surface area contributed by atoms with Crippen LogP contribution >= 0.6 is 0 Å². The average Bonchev–Trinajstić information content (AvgIpc) is 2.93. The van der Waals surface area contributed by atoms with Crippen LogP contribution in [0.15, 0.2) is 36.4 Å². The summed E-state index contributed by atoms with van der Waals surface area (Å²) < 4.78 is 0. The van der Waals surface area contributed by atoms with E-state index in [1.165, 1.54) is 6.08 Å². The number of amides is 2. The standard InChI is InChI=1S/C15H18N2O2/c1-2-5-14(18)16-13-8-6-12(7-9-13)15(19)17-10-3-4-11-17/h2,5-9H,3-4,10-11H2,1H3,(H,16,18). The molecule has 0 unspecified atom stereocenters. The van der Waals surface area contributed by atoms with E-state index in [1.807, 2.05) is 4.90 Å². The summed E-state index contributed by atoms with van der Waals surface area (Å²) in [6.45, 7) is 3.48. The summed E-state index contributed by atoms with van der Waals surface area (Å²) in [5.41, 5.74) is 1.37. The van der Waals surface area contributed by atoms with Gasteiger partial charge < -0.3 is 10.2 Å². The van der Waals surface area contributed by atoms with Crippen LogP contribution in [0, 0.1) is 0 Å². The number of anilines is 1. The first-order chi connectivity index (χ1) is 9.20. The number of benzene rings is 1. The summed E-state index contributed by atoms with van der Waals surface area (Å²) in [4.78, 5) is 25.3. The van der Waals surface area contributed by atoms with Crippen molar-refractivity contribution < 1.29 is 9.59 Å². The van der Waals surface area contributed by atoms with Crippen molar-refractivity contribution in [2.45, 2.75) is 19.8 Å². The van der Waals surface area contributed by atoms with Gasteiger partial charge >= 0.3 is 0 Å². The molecule has 1 fully saturated rings. The van der Waals surface area contributed by atoms with E-state index in [9.17, 15) is 9.59 Å². The van der Waals surface area contributed by atoms with Crippen LogP contribution in [0.4, 0.5) is 5.69 Å². The maximum absolute atomic E-state index is 12.1. The fourth-order valence-electron chi connectivity index (χ4n) is 2.13. The molecule has 1 aliphatic heterocycles. The molecule has 0 aromatic heterocycles. The molecule has 1 aromatic rings. The maximum atomic E-state index is 12.1. The SMILES string of the molecule is CC=CC(=O)Nc1ccc(C(=O)N2CCCC2)cc1. The third-order valence-corrected chi connectivity index (χ3v) is 3.11. The van der Waals surface area contributed by atoms with Crippen LogP contribution in [-0.4, -0.2) is 29.8 Å². The van der Waals surface area contributed by atoms with Crippen LogP contribution in [0.2, 0.25) is 0 Å². The van der Waals surface area contributed by atoms with Crippen LogP contribution in [0.25, 0.3) is 0 Å². The van der Waals surface area contributed by atoms with E-state index in [1.54, 1.807) is 37.3 Å². The molecule has 0 aliphatic carbocycles. The van der Waals surface area contributed by atoms with E-state index < -0.39 is 0 Å². The second kappa shape index (κ2) is 6.18. The molecule has 100 valence electrons. The van der Waals surface area contributed by atoms with Crippen LogP contribution in [0.1, 0.15) is 30.1 Å². The Morgan fingerprint density at radius 3 is 2.37 bits per heavy atom. The van der Waals surface area contributed by atoms with Gasteiger partial charge in [0.05, 0.1) is 0 Å². The molecule has 0 radical (unpaired) electrons. The minimum atomic E-state index is -0.166. The number of likely N-dealkylation sites (tertiary alicyclic amines) is 1. The zero-order chi connectivity index (χ0) is 13.7. The highest BCUT2D eigenvalue weighted by molar-refractivity contribution is 6.00. The van der Waals surface area contributed by atoms with E-state index in [0.29, 0.717) is 11.3 Å². The lowest BCUT2D eigenvalue weighted by Gasteiger charge is -2.15. The van der Waals surface area contributed by atoms with Gasteiger partial charge in [0.15, 0.2) is 0 Å². The molecule has 1 aliphatic rings. The fraction of sp³-hybridized carbons (Fsp3) is 0.333. The van der Waals surface area contributed by atoms with Crippen LogP contribution < -0.4 is 5.32 Å². The van der Waals surface area contributed by atoms with Crippen molar-refractivity contribution in [3.05, 3.63) is 42.0 Å². The summed E-state index contributed by atoms with van der Waals surface area (Å²) in [6, 6.07) is 7.02. The van der Waals surface area contributed by atoms with Crippen molar-refractivity contribution in [1.82, 2.24) is 4.90 Å². The molecule has 2 amide bonds. The Balaban J connectivity index is 2.01. The van der Waals surface area contributed by atoms with Crippen molar-refractivity contribution in [2.24, 2.45) is 0 Å². The number of nitrogens with zero attached hydrogens (tertiary/aromatic N) is 1. The van der Waals surface area contributed by atoms with Crippen LogP contribution in [0.5, 0.6) is 0 Å². The van der Waals surface area contributed by atoms with Gasteiger partial charge in [-0.2, -0.15) is 0 Å². The Hall–Kier alpha value is -2.10. The van der Waals surface area contributed by atoms with Crippen molar-refractivity contribution in [2.75, 3.05) is 18.4 Å². The molecule has 1 saturated heterocycles. The first-order valence-electron chi connectivity index (χ1n) is 6.54. The normalized spacial score (nSPS) is 14.9. The Bertz CT molecular complexity index is 485. The van der Waals surface area contributed by atoms with Gasteiger partial charge in [-0.15, -0.1) is 0 Å². The summed E-state index contributed by atoms with van der Waals surface area (Å²) in [7, 11) is 0. The lowest BCUT2D eigenvalue weighted by Crippen LogP contribution is -2.27. The van der Waals surface area contributed by atoms with Gasteiger partial charge in [0, 0.05) is 24.3 Å². The number of carbonyl (C=O) groups is 2. The van der Waals surface area contributed by atoms with E-state index >= 15 is 0 Å². The number of rotatable bonds is 3. The van der Waals surface area contributed by atoms with E-state index in [2.05, 4.69) is 5.32 Å². The van der Waals surface area contributed by atoms with Crippen molar-refractivity contribution in [3.8, 4) is 0 Å². The molecule has 4 nitrogen and oxygen atoms in total. The lowest BCUT2D eigenvalue weighted by molar-refractivity contribution is -0.111. The number of hydrogen-bond acceptors (Lipinski definition) is 2. The minimum Gasteiger partial charge on any atom is -0.339 e. The molecule has 1 heterocycles. The van der Waals surface area contributed by atoms with E-state index in [4.69, 9.17) is 0 Å². The maximum Gasteiger partial charge on any atom is 0.253 e. The van der Waals surface area contributed by atoms with Crippen molar-refractivity contribution >= 4 is 17.5 Å². The molecule has 19 heavy (non-hydrogen) atoms. The second-order valence-corrected chi connectivity index (χ2v) is 4.57. The largest absolute Gasteiger partial charge is 0.339 e. The average molecular weight is 258 g/mol. The summed E-state index contributed by atoms with van der Waals surface area (Å²) in [5, 5.41) is 2.73. The Morgan fingerprint density at radius 1 is 1.16 bits per heavy atom. The smallest absolute Gasteiger partial charge is 0.253 e. The zero-order valence-electron chi connectivity index (χ0n) is 11.1. The summed E-state index contributed by atoms with van der Waals surface area (Å²) in [5.74, 6) is -0.0926. The molecule has 0 spiro atoms. The van der Waals surface area contributed by atoms with Gasteiger partial charge in [0.2, 0.25) is 5.91 Å². The fourth-order valence-corrected chi connectivity index (χ4v) is 2.13. The Morgan fingerprint density at radius 2 is 1.79 bits per heavy atom. The monoisotopic (exact) mass is 258 g/mol. The van der Waals surface area contributed by atoms with Gasteiger partial charge in [0.1, 0.15) is 0 Å². The van der Waals surface area contributed by atoms with Crippen LogP contribution in [-0.2, 0) is 4.79 Å². The topological polar surface area (TPSA) is 49.4 Å². The second-order valence-electron chi connectivity index (χ2n) is 4.57. The highest BCUT2D eigenvalue weighted by atomic mass is 16.2. The lowest BCUT2D eigenvalue weighted by atomic mass is 10.2. The molecule has 2 rings (SSSR count). The van der Waals surface area contributed by atoms with Gasteiger partial charge in [0.25, 0.3) is 5.91 Å². The number of allylic oxidation sites excluding steroid dienone is 1. The molecule has 0 saturated carbocycles. The molecule has 1 aromatic carbocycles. The number of hydrogen-bond donors (Lipinski definition) is 1. The van der Waals surface area contributed by atoms with Gasteiger partial charge in [-0.1, -0.05) is 6.08 Å².